The second-order valence-electron chi connectivity index (χ2n) is 10.0. The van der Waals surface area contributed by atoms with Crippen molar-refractivity contribution >= 4 is 50.7 Å². The molecule has 8 nitrogen and oxygen atoms in total. The van der Waals surface area contributed by atoms with Crippen LogP contribution in [0.4, 0.5) is 5.69 Å². The summed E-state index contributed by atoms with van der Waals surface area (Å²) in [5.41, 5.74) is 1.74. The summed E-state index contributed by atoms with van der Waals surface area (Å²) >= 11 is 12.9. The number of halogens is 2. The molecule has 226 valence electrons. The molecule has 0 aliphatic heterocycles. The second kappa shape index (κ2) is 15.3. The summed E-state index contributed by atoms with van der Waals surface area (Å²) in [5, 5.41) is 3.60. The predicted molar refractivity (Wildman–Crippen MR) is 168 cm³/mol. The largest absolute Gasteiger partial charge is 0.489 e. The van der Waals surface area contributed by atoms with E-state index >= 15 is 0 Å². The van der Waals surface area contributed by atoms with Gasteiger partial charge in [0.2, 0.25) is 21.8 Å². The minimum atomic E-state index is -3.89. The number of benzene rings is 3. The van der Waals surface area contributed by atoms with Gasteiger partial charge in [0.15, 0.2) is 0 Å². The van der Waals surface area contributed by atoms with Crippen molar-refractivity contribution in [2.45, 2.75) is 58.8 Å². The second-order valence-corrected chi connectivity index (χ2v) is 12.7. The van der Waals surface area contributed by atoms with Gasteiger partial charge in [0, 0.05) is 28.2 Å². The van der Waals surface area contributed by atoms with E-state index in [1.54, 1.807) is 49.4 Å². The van der Waals surface area contributed by atoms with E-state index in [-0.39, 0.29) is 24.2 Å². The van der Waals surface area contributed by atoms with Crippen molar-refractivity contribution in [3.63, 3.8) is 0 Å². The van der Waals surface area contributed by atoms with Crippen molar-refractivity contribution in [3.8, 4) is 5.75 Å². The van der Waals surface area contributed by atoms with Gasteiger partial charge in [-0.2, -0.15) is 0 Å². The number of hydrogen-bond donors (Lipinski definition) is 1. The Kier molecular flexibility index (Phi) is 12.1. The maximum absolute atomic E-state index is 13.9. The Hall–Kier alpha value is -3.27. The van der Waals surface area contributed by atoms with Gasteiger partial charge in [-0.05, 0) is 61.7 Å². The number of amides is 2. The minimum Gasteiger partial charge on any atom is -0.489 e. The Labute approximate surface area is 258 Å². The molecule has 0 heterocycles. The van der Waals surface area contributed by atoms with E-state index in [4.69, 9.17) is 27.9 Å². The van der Waals surface area contributed by atoms with Crippen LogP contribution in [0.3, 0.4) is 0 Å². The molecule has 3 rings (SSSR count). The molecule has 0 aromatic heterocycles. The van der Waals surface area contributed by atoms with E-state index in [9.17, 15) is 18.0 Å². The third kappa shape index (κ3) is 9.11. The molecule has 0 unspecified atom stereocenters. The average Bonchev–Trinajstić information content (AvgIpc) is 2.96. The smallest absolute Gasteiger partial charge is 0.244 e. The fourth-order valence-electron chi connectivity index (χ4n) is 4.28. The summed E-state index contributed by atoms with van der Waals surface area (Å²) in [4.78, 5) is 28.6. The number of carbonyl (C=O) groups excluding carboxylic acids is 2. The predicted octanol–water partition coefficient (Wildman–Crippen LogP) is 6.06. The normalized spacial score (nSPS) is 12.7. The van der Waals surface area contributed by atoms with Gasteiger partial charge in [-0.15, -0.1) is 0 Å². The maximum atomic E-state index is 13.9. The number of sulfonamides is 1. The molecule has 3 aromatic rings. The van der Waals surface area contributed by atoms with Crippen LogP contribution < -0.4 is 14.4 Å². The molecule has 0 aliphatic rings. The van der Waals surface area contributed by atoms with E-state index in [2.05, 4.69) is 5.32 Å². The van der Waals surface area contributed by atoms with E-state index in [0.717, 1.165) is 16.1 Å². The Morgan fingerprint density at radius 1 is 0.905 bits per heavy atom. The first-order valence-electron chi connectivity index (χ1n) is 13.7. The van der Waals surface area contributed by atoms with Gasteiger partial charge in [-0.1, -0.05) is 73.4 Å². The monoisotopic (exact) mass is 633 g/mol. The summed E-state index contributed by atoms with van der Waals surface area (Å²) in [5.74, 6) is -0.369. The van der Waals surface area contributed by atoms with Crippen molar-refractivity contribution in [1.29, 1.82) is 0 Å². The Morgan fingerprint density at radius 2 is 1.52 bits per heavy atom. The van der Waals surface area contributed by atoms with Gasteiger partial charge in [-0.25, -0.2) is 8.42 Å². The number of rotatable bonds is 14. The lowest BCUT2D eigenvalue weighted by atomic mass is 10.1. The van der Waals surface area contributed by atoms with Gasteiger partial charge < -0.3 is 15.0 Å². The molecule has 2 atom stereocenters. The number of ether oxygens (including phenoxy) is 1. The summed E-state index contributed by atoms with van der Waals surface area (Å²) in [6, 6.07) is 20.1. The summed E-state index contributed by atoms with van der Waals surface area (Å²) in [7, 11) is -3.89. The van der Waals surface area contributed by atoms with Gasteiger partial charge in [0.05, 0.1) is 11.9 Å². The molecule has 2 amide bonds. The minimum absolute atomic E-state index is 0.0758. The number of carbonyl (C=O) groups is 2. The fourth-order valence-corrected chi connectivity index (χ4v) is 5.64. The van der Waals surface area contributed by atoms with Crippen LogP contribution in [0.5, 0.6) is 5.75 Å². The topological polar surface area (TPSA) is 96.0 Å². The lowest BCUT2D eigenvalue weighted by Crippen LogP contribution is -2.53. The molecule has 0 saturated carbocycles. The summed E-state index contributed by atoms with van der Waals surface area (Å²) < 4.78 is 32.7. The Bertz CT molecular complexity index is 1430. The molecule has 0 saturated heterocycles. The molecular weight excluding hydrogens is 597 g/mol. The number of hydrogen-bond acceptors (Lipinski definition) is 5. The number of nitrogens with zero attached hydrogens (tertiary/aromatic N) is 2. The average molecular weight is 635 g/mol. The SMILES string of the molecule is CC[C@H](C(=O)N[C@@H](C)CC)N(Cc1c(Cl)cccc1Cl)C(=O)CN(c1ccc(OCc2ccccc2)cc1)S(C)(=O)=O. The molecular formula is C31H37Cl2N3O5S. The third-order valence-corrected chi connectivity index (χ3v) is 8.68. The first kappa shape index (κ1) is 33.2. The third-order valence-electron chi connectivity index (χ3n) is 6.83. The highest BCUT2D eigenvalue weighted by molar-refractivity contribution is 7.92. The highest BCUT2D eigenvalue weighted by Gasteiger charge is 2.33. The van der Waals surface area contributed by atoms with Crippen LogP contribution in [-0.4, -0.2) is 50.0 Å². The van der Waals surface area contributed by atoms with E-state index in [0.29, 0.717) is 40.8 Å². The fraction of sp³-hybridized carbons (Fsp3) is 0.355. The maximum Gasteiger partial charge on any atom is 0.244 e. The van der Waals surface area contributed by atoms with Gasteiger partial charge in [0.1, 0.15) is 24.9 Å². The molecule has 0 aliphatic carbocycles. The number of anilines is 1. The van der Waals surface area contributed by atoms with E-state index < -0.39 is 28.5 Å². The van der Waals surface area contributed by atoms with Crippen LogP contribution in [0.1, 0.15) is 44.7 Å². The lowest BCUT2D eigenvalue weighted by Gasteiger charge is -2.33. The van der Waals surface area contributed by atoms with Gasteiger partial charge in [-0.3, -0.25) is 13.9 Å². The Balaban J connectivity index is 1.89. The zero-order valence-corrected chi connectivity index (χ0v) is 26.5. The molecule has 42 heavy (non-hydrogen) atoms. The van der Waals surface area contributed by atoms with E-state index in [1.165, 1.54) is 4.90 Å². The van der Waals surface area contributed by atoms with Crippen molar-refractivity contribution in [3.05, 3.63) is 94.0 Å². The Morgan fingerprint density at radius 3 is 2.07 bits per heavy atom. The van der Waals surface area contributed by atoms with Gasteiger partial charge in [0.25, 0.3) is 0 Å². The first-order valence-corrected chi connectivity index (χ1v) is 16.3. The van der Waals surface area contributed by atoms with Crippen molar-refractivity contribution in [1.82, 2.24) is 10.2 Å². The molecule has 0 bridgehead atoms. The van der Waals surface area contributed by atoms with Crippen molar-refractivity contribution < 1.29 is 22.7 Å². The summed E-state index contributed by atoms with van der Waals surface area (Å²) in [6.45, 7) is 5.36. The molecule has 1 N–H and O–H groups in total. The van der Waals surface area contributed by atoms with Crippen molar-refractivity contribution in [2.75, 3.05) is 17.1 Å². The molecule has 0 spiro atoms. The van der Waals surface area contributed by atoms with Crippen LogP contribution >= 0.6 is 23.2 Å². The zero-order chi connectivity index (χ0) is 30.9. The molecule has 11 heteroatoms. The molecule has 0 fully saturated rings. The molecule has 3 aromatic carbocycles. The van der Waals surface area contributed by atoms with Crippen LogP contribution in [0.25, 0.3) is 0 Å². The molecule has 0 radical (unpaired) electrons. The van der Waals surface area contributed by atoms with Crippen LogP contribution in [0.2, 0.25) is 10.0 Å². The standard InChI is InChI=1S/C31H37Cl2N3O5S/c1-5-22(3)34-31(38)29(6-2)35(19-26-27(32)13-10-14-28(26)33)30(37)20-36(42(4,39)40)24-15-17-25(18-16-24)41-21-23-11-8-7-9-12-23/h7-18,22,29H,5-6,19-21H2,1-4H3,(H,34,38)/t22-,29+/m0/s1. The number of nitrogens with one attached hydrogen (secondary N) is 1. The van der Waals surface area contributed by atoms with Crippen LogP contribution in [-0.2, 0) is 32.8 Å². The van der Waals surface area contributed by atoms with Gasteiger partial charge >= 0.3 is 0 Å². The summed E-state index contributed by atoms with van der Waals surface area (Å²) in [6.07, 6.45) is 2.03. The first-order chi connectivity index (χ1) is 19.9. The van der Waals surface area contributed by atoms with Crippen molar-refractivity contribution in [2.24, 2.45) is 0 Å². The highest BCUT2D eigenvalue weighted by atomic mass is 35.5. The zero-order valence-electron chi connectivity index (χ0n) is 24.2. The highest BCUT2D eigenvalue weighted by Crippen LogP contribution is 2.28. The van der Waals surface area contributed by atoms with Crippen LogP contribution in [0.15, 0.2) is 72.8 Å². The van der Waals surface area contributed by atoms with E-state index in [1.807, 2.05) is 44.2 Å². The quantitative estimate of drug-likeness (QED) is 0.233. The van der Waals surface area contributed by atoms with Crippen LogP contribution in [0, 0.1) is 0 Å². The lowest BCUT2D eigenvalue weighted by molar-refractivity contribution is -0.140.